The van der Waals surface area contributed by atoms with Gasteiger partial charge in [-0.15, -0.1) is 5.10 Å². The summed E-state index contributed by atoms with van der Waals surface area (Å²) in [6, 6.07) is 8.54. The highest BCUT2D eigenvalue weighted by Gasteiger charge is 2.52. The number of aromatic nitrogens is 2. The molecule has 0 spiro atoms. The molecule has 1 amide bonds. The normalized spacial score (nSPS) is 20.5. The van der Waals surface area contributed by atoms with E-state index >= 15 is 8.78 Å². The lowest BCUT2D eigenvalue weighted by atomic mass is 9.83. The van der Waals surface area contributed by atoms with Crippen molar-refractivity contribution in [2.75, 3.05) is 16.8 Å². The van der Waals surface area contributed by atoms with Crippen molar-refractivity contribution in [3.05, 3.63) is 58.3 Å². The maximum Gasteiger partial charge on any atom is 0.300 e. The summed E-state index contributed by atoms with van der Waals surface area (Å²) in [5.74, 6) is -2.89. The maximum atomic E-state index is 15.1. The number of amides is 1. The third-order valence-corrected chi connectivity index (χ3v) is 8.49. The molecule has 5 rings (SSSR count). The van der Waals surface area contributed by atoms with E-state index in [4.69, 9.17) is 3.07 Å². The van der Waals surface area contributed by atoms with Crippen molar-refractivity contribution in [1.82, 2.24) is 10.2 Å². The molecular formula is C29H33F2IN4O3. The molecule has 0 bridgehead atoms. The molecule has 208 valence electrons. The van der Waals surface area contributed by atoms with Crippen molar-refractivity contribution in [2.24, 2.45) is 0 Å². The SMILES string of the molecule is Cc1c([C@@H](C)Nc2nnc(C)c3cc4c(cc23)N(C2CC2)C(=O)C4(C)COI)cccc1C(F)(F)C(C)(C)O. The van der Waals surface area contributed by atoms with Crippen LogP contribution >= 0.6 is 23.0 Å². The molecule has 2 atom stereocenters. The Labute approximate surface area is 241 Å². The summed E-state index contributed by atoms with van der Waals surface area (Å²) in [4.78, 5) is 15.5. The van der Waals surface area contributed by atoms with Gasteiger partial charge in [0, 0.05) is 28.1 Å². The summed E-state index contributed by atoms with van der Waals surface area (Å²) in [5.41, 5.74) is 0.331. The molecular weight excluding hydrogens is 617 g/mol. The molecule has 10 heteroatoms. The second-order valence-corrected chi connectivity index (χ2v) is 12.2. The van der Waals surface area contributed by atoms with Gasteiger partial charge in [-0.2, -0.15) is 13.9 Å². The van der Waals surface area contributed by atoms with Crippen molar-refractivity contribution in [2.45, 2.75) is 83.4 Å². The highest BCUT2D eigenvalue weighted by Crippen LogP contribution is 2.49. The van der Waals surface area contributed by atoms with Gasteiger partial charge in [-0.25, -0.2) is 0 Å². The number of benzene rings is 2. The van der Waals surface area contributed by atoms with Crippen molar-refractivity contribution < 1.29 is 21.7 Å². The topological polar surface area (TPSA) is 87.6 Å². The Morgan fingerprint density at radius 3 is 2.54 bits per heavy atom. The number of alkyl halides is 2. The number of rotatable bonds is 8. The molecule has 0 saturated heterocycles. The third kappa shape index (κ3) is 4.48. The van der Waals surface area contributed by atoms with Crippen LogP contribution in [0.4, 0.5) is 20.3 Å². The largest absolute Gasteiger partial charge is 0.384 e. The van der Waals surface area contributed by atoms with Gasteiger partial charge in [0.2, 0.25) is 5.91 Å². The number of hydrogen-bond acceptors (Lipinski definition) is 6. The number of fused-ring (bicyclic) bond motifs is 2. The first kappa shape index (κ1) is 28.1. The Bertz CT molecular complexity index is 1470. The third-order valence-electron chi connectivity index (χ3n) is 8.18. The van der Waals surface area contributed by atoms with Crippen molar-refractivity contribution in [3.8, 4) is 0 Å². The first-order valence-corrected chi connectivity index (χ1v) is 14.0. The van der Waals surface area contributed by atoms with E-state index in [-0.39, 0.29) is 24.1 Å². The summed E-state index contributed by atoms with van der Waals surface area (Å²) in [7, 11) is 0. The lowest BCUT2D eigenvalue weighted by Crippen LogP contribution is -2.41. The molecule has 1 aromatic heterocycles. The van der Waals surface area contributed by atoms with Crippen LogP contribution in [0.2, 0.25) is 0 Å². The number of aryl methyl sites for hydroxylation is 1. The molecule has 7 nitrogen and oxygen atoms in total. The van der Waals surface area contributed by atoms with Crippen LogP contribution in [0.3, 0.4) is 0 Å². The van der Waals surface area contributed by atoms with E-state index in [1.807, 2.05) is 60.8 Å². The molecule has 39 heavy (non-hydrogen) atoms. The zero-order valence-corrected chi connectivity index (χ0v) is 25.1. The number of nitrogens with zero attached hydrogens (tertiary/aromatic N) is 3. The van der Waals surface area contributed by atoms with Gasteiger partial charge >= 0.3 is 5.92 Å². The highest BCUT2D eigenvalue weighted by molar-refractivity contribution is 14.1. The summed E-state index contributed by atoms with van der Waals surface area (Å²) >= 11 is 1.83. The fraction of sp³-hybridized carbons (Fsp3) is 0.483. The maximum absolute atomic E-state index is 15.1. The summed E-state index contributed by atoms with van der Waals surface area (Å²) in [6.45, 7) is 9.81. The first-order chi connectivity index (χ1) is 18.2. The predicted molar refractivity (Wildman–Crippen MR) is 156 cm³/mol. The smallest absolute Gasteiger partial charge is 0.300 e. The summed E-state index contributed by atoms with van der Waals surface area (Å²) < 4.78 is 35.6. The van der Waals surface area contributed by atoms with Crippen LogP contribution in [0, 0.1) is 13.8 Å². The Kier molecular flexibility index (Phi) is 6.91. The Hall–Kier alpha value is -2.44. The first-order valence-electron chi connectivity index (χ1n) is 13.1. The van der Waals surface area contributed by atoms with Crippen LogP contribution < -0.4 is 10.2 Å². The number of nitrogens with one attached hydrogen (secondary N) is 1. The fourth-order valence-electron chi connectivity index (χ4n) is 5.57. The number of hydrogen-bond donors (Lipinski definition) is 2. The molecule has 1 unspecified atom stereocenters. The van der Waals surface area contributed by atoms with Gasteiger partial charge < -0.3 is 18.4 Å². The van der Waals surface area contributed by atoms with E-state index < -0.39 is 23.0 Å². The lowest BCUT2D eigenvalue weighted by molar-refractivity contribution is -0.168. The molecule has 2 N–H and O–H groups in total. The van der Waals surface area contributed by atoms with E-state index in [0.717, 1.165) is 54.4 Å². The van der Waals surface area contributed by atoms with Crippen LogP contribution in [0.1, 0.15) is 74.5 Å². The van der Waals surface area contributed by atoms with Crippen molar-refractivity contribution in [1.29, 1.82) is 0 Å². The predicted octanol–water partition coefficient (Wildman–Crippen LogP) is 6.42. The fourth-order valence-corrected chi connectivity index (χ4v) is 6.20. The molecule has 2 aliphatic rings. The Balaban J connectivity index is 1.59. The minimum absolute atomic E-state index is 0.0357. The van der Waals surface area contributed by atoms with Gasteiger partial charge in [0.25, 0.3) is 0 Å². The van der Waals surface area contributed by atoms with E-state index in [1.165, 1.54) is 6.07 Å². The summed E-state index contributed by atoms with van der Waals surface area (Å²) in [5, 5.41) is 24.0. The highest BCUT2D eigenvalue weighted by atomic mass is 127. The molecule has 1 fully saturated rings. The molecule has 2 aromatic carbocycles. The number of aliphatic hydroxyl groups is 1. The van der Waals surface area contributed by atoms with E-state index in [9.17, 15) is 9.90 Å². The second kappa shape index (κ2) is 9.59. The van der Waals surface area contributed by atoms with Crippen LogP contribution in [-0.2, 0) is 19.2 Å². The monoisotopic (exact) mass is 650 g/mol. The number of halogens is 3. The molecule has 1 aliphatic heterocycles. The second-order valence-electron chi connectivity index (χ2n) is 11.6. The quantitative estimate of drug-likeness (QED) is 0.274. The minimum atomic E-state index is -3.43. The number of carbonyl (C=O) groups excluding carboxylic acids is 1. The van der Waals surface area contributed by atoms with Gasteiger partial charge in [0.1, 0.15) is 28.6 Å². The van der Waals surface area contributed by atoms with Gasteiger partial charge in [-0.1, -0.05) is 18.2 Å². The average molecular weight is 651 g/mol. The zero-order chi connectivity index (χ0) is 28.5. The molecule has 1 aliphatic carbocycles. The van der Waals surface area contributed by atoms with Crippen LogP contribution in [-0.4, -0.2) is 39.5 Å². The van der Waals surface area contributed by atoms with Gasteiger partial charge in [-0.3, -0.25) is 4.79 Å². The van der Waals surface area contributed by atoms with Gasteiger partial charge in [0.15, 0.2) is 5.82 Å². The van der Waals surface area contributed by atoms with Crippen LogP contribution in [0.25, 0.3) is 10.8 Å². The van der Waals surface area contributed by atoms with E-state index in [0.29, 0.717) is 16.9 Å². The molecule has 3 aromatic rings. The lowest BCUT2D eigenvalue weighted by Gasteiger charge is -2.31. The molecule has 1 saturated carbocycles. The van der Waals surface area contributed by atoms with E-state index in [2.05, 4.69) is 15.5 Å². The number of anilines is 2. The van der Waals surface area contributed by atoms with Gasteiger partial charge in [0.05, 0.1) is 23.8 Å². The minimum Gasteiger partial charge on any atom is -0.384 e. The average Bonchev–Trinajstić information content (AvgIpc) is 3.67. The number of carbonyl (C=O) groups is 1. The van der Waals surface area contributed by atoms with Gasteiger partial charge in [-0.05, 0) is 83.2 Å². The van der Waals surface area contributed by atoms with Crippen LogP contribution in [0.15, 0.2) is 30.3 Å². The molecule has 0 radical (unpaired) electrons. The standard InChI is InChI=1S/C29H33F2IN4O3/c1-15-19(8-7-9-22(15)29(30,31)27(4,5)38)16(2)33-25-21-13-24-23(12-20(21)17(3)34-35-25)28(6,14-39-32)26(37)36(24)18-10-11-18/h7-9,12-13,16,18,38H,10-11,14H2,1-6H3,(H,33,35)/t16-,28?/m1/s1. The van der Waals surface area contributed by atoms with Crippen molar-refractivity contribution in [3.63, 3.8) is 0 Å². The van der Waals surface area contributed by atoms with E-state index in [1.54, 1.807) is 19.1 Å². The van der Waals surface area contributed by atoms with Crippen LogP contribution in [0.5, 0.6) is 0 Å². The van der Waals surface area contributed by atoms with Crippen molar-refractivity contribution >= 4 is 51.2 Å². The summed E-state index contributed by atoms with van der Waals surface area (Å²) in [6.07, 6.45) is 1.93. The Morgan fingerprint density at radius 1 is 1.23 bits per heavy atom. The Morgan fingerprint density at radius 2 is 1.92 bits per heavy atom. The zero-order valence-electron chi connectivity index (χ0n) is 22.9. The molecule has 2 heterocycles.